The fraction of sp³-hybridized carbons (Fsp3) is 0.500. The van der Waals surface area contributed by atoms with Gasteiger partial charge in [0.2, 0.25) is 0 Å². The topological polar surface area (TPSA) is 59.6 Å². The lowest BCUT2D eigenvalue weighted by Crippen LogP contribution is -2.23. The highest BCUT2D eigenvalue weighted by Gasteiger charge is 2.36. The van der Waals surface area contributed by atoms with Crippen LogP contribution in [-0.4, -0.2) is 18.4 Å². The van der Waals surface area contributed by atoms with Gasteiger partial charge in [-0.25, -0.2) is 4.99 Å². The van der Waals surface area contributed by atoms with E-state index in [0.29, 0.717) is 11.6 Å². The fourth-order valence-electron chi connectivity index (χ4n) is 2.17. The van der Waals surface area contributed by atoms with Gasteiger partial charge in [0, 0.05) is 5.69 Å². The van der Waals surface area contributed by atoms with Gasteiger partial charge in [0.1, 0.15) is 5.75 Å². The zero-order chi connectivity index (χ0) is 15.5. The maximum atomic E-state index is 12.0. The number of nitrogens with two attached hydrogens (primary N) is 1. The van der Waals surface area contributed by atoms with Crippen molar-refractivity contribution < 1.29 is 17.9 Å². The second kappa shape index (κ2) is 6.24. The first-order valence-electron chi connectivity index (χ1n) is 6.83. The molecule has 0 bridgehead atoms. The normalized spacial score (nSPS) is 22.0. The van der Waals surface area contributed by atoms with Gasteiger partial charge in [-0.3, -0.25) is 0 Å². The van der Waals surface area contributed by atoms with Crippen LogP contribution >= 0.6 is 0 Å². The van der Waals surface area contributed by atoms with Crippen LogP contribution in [0.25, 0.3) is 0 Å². The number of benzene rings is 1. The van der Waals surface area contributed by atoms with Crippen LogP contribution in [0.15, 0.2) is 29.3 Å². The number of guanidine groups is 1. The van der Waals surface area contributed by atoms with E-state index in [1.54, 1.807) is 0 Å². The molecule has 3 N–H and O–H groups in total. The Kier molecular flexibility index (Phi) is 4.59. The summed E-state index contributed by atoms with van der Waals surface area (Å²) in [4.78, 5) is 4.34. The first kappa shape index (κ1) is 15.5. The molecule has 1 fully saturated rings. The number of ether oxygens (including phenoxy) is 1. The summed E-state index contributed by atoms with van der Waals surface area (Å²) in [5, 5.41) is 2.86. The molecule has 0 amide bonds. The summed E-state index contributed by atoms with van der Waals surface area (Å²) in [5.74, 6) is 0.620. The highest BCUT2D eigenvalue weighted by Crippen LogP contribution is 2.37. The third-order valence-electron chi connectivity index (χ3n) is 3.21. The first-order chi connectivity index (χ1) is 9.87. The minimum absolute atomic E-state index is 0.269. The number of rotatable bonds is 5. The summed E-state index contributed by atoms with van der Waals surface area (Å²) < 4.78 is 39.9. The average Bonchev–Trinajstić information content (AvgIpc) is 3.08. The first-order valence-corrected chi connectivity index (χ1v) is 6.83. The summed E-state index contributed by atoms with van der Waals surface area (Å²) >= 11 is 0. The van der Waals surface area contributed by atoms with Crippen molar-refractivity contribution in [2.75, 3.05) is 5.32 Å². The molecule has 0 aliphatic heterocycles. The molecule has 0 radical (unpaired) electrons. The summed E-state index contributed by atoms with van der Waals surface area (Å²) in [6.07, 6.45) is -1.36. The minimum Gasteiger partial charge on any atom is -0.406 e. The summed E-state index contributed by atoms with van der Waals surface area (Å²) in [7, 11) is 0. The molecular formula is C14H18F3N3O. The number of aliphatic imine (C=N–C) groups is 1. The molecule has 1 aliphatic carbocycles. The van der Waals surface area contributed by atoms with E-state index in [1.165, 1.54) is 24.3 Å². The van der Waals surface area contributed by atoms with Crippen molar-refractivity contribution in [2.45, 2.75) is 38.6 Å². The lowest BCUT2D eigenvalue weighted by atomic mass is 10.2. The summed E-state index contributed by atoms with van der Waals surface area (Å²) in [5.41, 5.74) is 6.34. The van der Waals surface area contributed by atoms with Crippen LogP contribution in [-0.2, 0) is 0 Å². The predicted molar refractivity (Wildman–Crippen MR) is 75.2 cm³/mol. The molecule has 2 rings (SSSR count). The van der Waals surface area contributed by atoms with Crippen LogP contribution in [0.3, 0.4) is 0 Å². The highest BCUT2D eigenvalue weighted by atomic mass is 19.4. The lowest BCUT2D eigenvalue weighted by molar-refractivity contribution is -0.274. The molecule has 116 valence electrons. The van der Waals surface area contributed by atoms with Gasteiger partial charge >= 0.3 is 6.36 Å². The Labute approximate surface area is 121 Å². The molecule has 1 aromatic rings. The number of nitrogens with zero attached hydrogens (tertiary/aromatic N) is 1. The van der Waals surface area contributed by atoms with Crippen molar-refractivity contribution in [3.8, 4) is 5.75 Å². The van der Waals surface area contributed by atoms with E-state index < -0.39 is 6.36 Å². The van der Waals surface area contributed by atoms with E-state index in [1.807, 2.05) is 0 Å². The Bertz CT molecular complexity index is 499. The summed E-state index contributed by atoms with van der Waals surface area (Å²) in [6, 6.07) is 5.63. The van der Waals surface area contributed by atoms with Gasteiger partial charge in [0.25, 0.3) is 0 Å². The predicted octanol–water partition coefficient (Wildman–Crippen LogP) is 3.50. The molecule has 1 saturated carbocycles. The van der Waals surface area contributed by atoms with Crippen LogP contribution in [0, 0.1) is 5.92 Å². The number of hydrogen-bond acceptors (Lipinski definition) is 2. The molecule has 0 heterocycles. The molecule has 4 nitrogen and oxygen atoms in total. The molecular weight excluding hydrogens is 283 g/mol. The minimum atomic E-state index is -4.68. The smallest absolute Gasteiger partial charge is 0.406 e. The van der Waals surface area contributed by atoms with Crippen molar-refractivity contribution in [3.05, 3.63) is 24.3 Å². The van der Waals surface area contributed by atoms with Gasteiger partial charge in [-0.2, -0.15) is 0 Å². The Morgan fingerprint density at radius 1 is 1.38 bits per heavy atom. The van der Waals surface area contributed by atoms with E-state index in [9.17, 15) is 13.2 Å². The number of hydrogen-bond donors (Lipinski definition) is 2. The lowest BCUT2D eigenvalue weighted by Gasteiger charge is -2.10. The molecule has 21 heavy (non-hydrogen) atoms. The van der Waals surface area contributed by atoms with Crippen LogP contribution in [0.5, 0.6) is 5.75 Å². The molecule has 1 aromatic carbocycles. The van der Waals surface area contributed by atoms with Crippen molar-refractivity contribution >= 4 is 11.6 Å². The van der Waals surface area contributed by atoms with Gasteiger partial charge in [0.05, 0.1) is 6.04 Å². The maximum absolute atomic E-state index is 12.0. The molecule has 1 aliphatic rings. The van der Waals surface area contributed by atoms with Gasteiger partial charge in [0.15, 0.2) is 5.96 Å². The zero-order valence-corrected chi connectivity index (χ0v) is 11.7. The van der Waals surface area contributed by atoms with Crippen LogP contribution in [0.1, 0.15) is 26.2 Å². The Balaban J connectivity index is 1.87. The van der Waals surface area contributed by atoms with Gasteiger partial charge in [-0.05, 0) is 43.0 Å². The Morgan fingerprint density at radius 3 is 2.62 bits per heavy atom. The number of alkyl halides is 3. The van der Waals surface area contributed by atoms with Crippen LogP contribution in [0.2, 0.25) is 0 Å². The molecule has 2 unspecified atom stereocenters. The molecule has 0 spiro atoms. The molecule has 2 atom stereocenters. The second-order valence-corrected chi connectivity index (χ2v) is 5.06. The van der Waals surface area contributed by atoms with Crippen molar-refractivity contribution in [1.82, 2.24) is 0 Å². The van der Waals surface area contributed by atoms with Crippen LogP contribution in [0.4, 0.5) is 18.9 Å². The number of anilines is 1. The van der Waals surface area contributed by atoms with E-state index in [-0.39, 0.29) is 17.8 Å². The number of halogens is 3. The zero-order valence-electron chi connectivity index (χ0n) is 11.7. The van der Waals surface area contributed by atoms with Gasteiger partial charge in [-0.15, -0.1) is 13.2 Å². The third-order valence-corrected chi connectivity index (χ3v) is 3.21. The van der Waals surface area contributed by atoms with E-state index in [4.69, 9.17) is 5.73 Å². The SMILES string of the molecule is CCCC1CC1N=C(N)Nc1ccc(OC(F)(F)F)cc1. The summed E-state index contributed by atoms with van der Waals surface area (Å²) in [6.45, 7) is 2.13. The van der Waals surface area contributed by atoms with E-state index in [0.717, 1.165) is 19.3 Å². The fourth-order valence-corrected chi connectivity index (χ4v) is 2.17. The van der Waals surface area contributed by atoms with Gasteiger partial charge < -0.3 is 15.8 Å². The quantitative estimate of drug-likeness (QED) is 0.646. The maximum Gasteiger partial charge on any atom is 0.573 e. The molecule has 0 saturated heterocycles. The van der Waals surface area contributed by atoms with Crippen LogP contribution < -0.4 is 15.8 Å². The van der Waals surface area contributed by atoms with E-state index in [2.05, 4.69) is 22.0 Å². The molecule has 7 heteroatoms. The third kappa shape index (κ3) is 5.17. The number of nitrogens with one attached hydrogen (secondary N) is 1. The standard InChI is InChI=1S/C14H18F3N3O/c1-2-3-9-8-12(9)20-13(18)19-10-4-6-11(7-5-10)21-14(15,16)17/h4-7,9,12H,2-3,8H2,1H3,(H3,18,19,20). The van der Waals surface area contributed by atoms with E-state index >= 15 is 0 Å². The van der Waals surface area contributed by atoms with Gasteiger partial charge in [-0.1, -0.05) is 13.3 Å². The van der Waals surface area contributed by atoms with Crippen molar-refractivity contribution in [2.24, 2.45) is 16.6 Å². The monoisotopic (exact) mass is 301 g/mol. The molecule has 0 aromatic heterocycles. The Hall–Kier alpha value is -1.92. The van der Waals surface area contributed by atoms with Crippen molar-refractivity contribution in [1.29, 1.82) is 0 Å². The Morgan fingerprint density at radius 2 is 2.05 bits per heavy atom. The second-order valence-electron chi connectivity index (χ2n) is 5.06. The van der Waals surface area contributed by atoms with Crippen molar-refractivity contribution in [3.63, 3.8) is 0 Å². The largest absolute Gasteiger partial charge is 0.573 e. The highest BCUT2D eigenvalue weighted by molar-refractivity contribution is 5.92. The average molecular weight is 301 g/mol.